The highest BCUT2D eigenvalue weighted by Crippen LogP contribution is 2.14. The first-order valence-corrected chi connectivity index (χ1v) is 9.81. The molecule has 1 fully saturated rings. The van der Waals surface area contributed by atoms with Gasteiger partial charge in [0, 0.05) is 32.6 Å². The van der Waals surface area contributed by atoms with E-state index in [2.05, 4.69) is 60.5 Å². The third-order valence-corrected chi connectivity index (χ3v) is 5.21. The molecule has 2 aromatic rings. The first-order valence-electron chi connectivity index (χ1n) is 9.81. The largest absolute Gasteiger partial charge is 0.379 e. The van der Waals surface area contributed by atoms with Crippen LogP contribution in [0, 0.1) is 13.8 Å². The van der Waals surface area contributed by atoms with Gasteiger partial charge in [0.05, 0.1) is 13.2 Å². The maximum Gasteiger partial charge on any atom is 0.220 e. The van der Waals surface area contributed by atoms with E-state index in [4.69, 9.17) is 4.74 Å². The van der Waals surface area contributed by atoms with E-state index in [0.29, 0.717) is 13.0 Å². The van der Waals surface area contributed by atoms with Crippen LogP contribution in [-0.4, -0.2) is 37.1 Å². The molecule has 0 aliphatic carbocycles. The summed E-state index contributed by atoms with van der Waals surface area (Å²) in [5, 5.41) is 3.10. The molecule has 0 saturated carbocycles. The van der Waals surface area contributed by atoms with Crippen molar-refractivity contribution >= 4 is 5.91 Å². The van der Waals surface area contributed by atoms with Crippen molar-refractivity contribution in [1.82, 2.24) is 10.2 Å². The van der Waals surface area contributed by atoms with Crippen LogP contribution in [0.2, 0.25) is 0 Å². The summed E-state index contributed by atoms with van der Waals surface area (Å²) in [6.45, 7) is 9.26. The number of rotatable bonds is 7. The number of amides is 1. The van der Waals surface area contributed by atoms with Gasteiger partial charge in [0.25, 0.3) is 0 Å². The lowest BCUT2D eigenvalue weighted by Crippen LogP contribution is -2.36. The molecule has 0 bridgehead atoms. The van der Waals surface area contributed by atoms with Crippen molar-refractivity contribution in [2.75, 3.05) is 26.3 Å². The Morgan fingerprint density at radius 3 is 2.52 bits per heavy atom. The fourth-order valence-corrected chi connectivity index (χ4v) is 3.54. The van der Waals surface area contributed by atoms with Gasteiger partial charge in [0.15, 0.2) is 0 Å². The lowest BCUT2D eigenvalue weighted by Gasteiger charge is -2.27. The zero-order valence-corrected chi connectivity index (χ0v) is 16.5. The summed E-state index contributed by atoms with van der Waals surface area (Å²) in [5.74, 6) is 0.108. The molecule has 1 aliphatic rings. The predicted molar refractivity (Wildman–Crippen MR) is 109 cm³/mol. The molecular formula is C23H30N2O2. The van der Waals surface area contributed by atoms with Gasteiger partial charge < -0.3 is 10.1 Å². The molecule has 1 N–H and O–H groups in total. The second-order valence-corrected chi connectivity index (χ2v) is 7.36. The molecule has 2 aromatic carbocycles. The molecule has 4 nitrogen and oxygen atoms in total. The van der Waals surface area contributed by atoms with Crippen molar-refractivity contribution in [3.8, 4) is 0 Å². The van der Waals surface area contributed by atoms with Crippen LogP contribution < -0.4 is 5.32 Å². The summed E-state index contributed by atoms with van der Waals surface area (Å²) in [6.07, 6.45) is 1.31. The second-order valence-electron chi connectivity index (χ2n) is 7.36. The Hall–Kier alpha value is -2.17. The van der Waals surface area contributed by atoms with Crippen LogP contribution in [0.5, 0.6) is 0 Å². The zero-order chi connectivity index (χ0) is 19.1. The topological polar surface area (TPSA) is 41.6 Å². The Kier molecular flexibility index (Phi) is 7.02. The van der Waals surface area contributed by atoms with Crippen LogP contribution in [0.1, 0.15) is 34.2 Å². The fraction of sp³-hybridized carbons (Fsp3) is 0.435. The van der Waals surface area contributed by atoms with Crippen molar-refractivity contribution in [2.45, 2.75) is 39.8 Å². The van der Waals surface area contributed by atoms with Gasteiger partial charge >= 0.3 is 0 Å². The summed E-state index contributed by atoms with van der Waals surface area (Å²) >= 11 is 0. The van der Waals surface area contributed by atoms with Gasteiger partial charge in [-0.05, 0) is 42.5 Å². The minimum atomic E-state index is 0.108. The van der Waals surface area contributed by atoms with E-state index in [1.165, 1.54) is 27.8 Å². The third kappa shape index (κ3) is 5.91. The molecular weight excluding hydrogens is 336 g/mol. The van der Waals surface area contributed by atoms with Gasteiger partial charge in [-0.3, -0.25) is 9.69 Å². The average molecular weight is 367 g/mol. The summed E-state index contributed by atoms with van der Waals surface area (Å²) < 4.78 is 5.43. The second kappa shape index (κ2) is 9.67. The number of nitrogens with zero attached hydrogens (tertiary/aromatic N) is 1. The fourth-order valence-electron chi connectivity index (χ4n) is 3.54. The van der Waals surface area contributed by atoms with Crippen molar-refractivity contribution in [3.05, 3.63) is 70.3 Å². The molecule has 27 heavy (non-hydrogen) atoms. The van der Waals surface area contributed by atoms with Crippen molar-refractivity contribution < 1.29 is 9.53 Å². The van der Waals surface area contributed by atoms with E-state index in [1.54, 1.807) is 0 Å². The molecule has 4 heteroatoms. The zero-order valence-electron chi connectivity index (χ0n) is 16.5. The molecule has 1 aliphatic heterocycles. The number of morpholine rings is 1. The van der Waals surface area contributed by atoms with Crippen LogP contribution in [0.25, 0.3) is 0 Å². The molecule has 0 radical (unpaired) electrons. The normalized spacial score (nSPS) is 14.9. The van der Waals surface area contributed by atoms with E-state index in [1.807, 2.05) is 6.07 Å². The summed E-state index contributed by atoms with van der Waals surface area (Å²) in [5.41, 5.74) is 6.26. The number of nitrogens with one attached hydrogen (secondary N) is 1. The van der Waals surface area contributed by atoms with Crippen LogP contribution in [-0.2, 0) is 29.0 Å². The predicted octanol–water partition coefficient (Wildman–Crippen LogP) is 3.38. The van der Waals surface area contributed by atoms with Crippen LogP contribution in [0.15, 0.2) is 42.5 Å². The highest BCUT2D eigenvalue weighted by atomic mass is 16.5. The minimum Gasteiger partial charge on any atom is -0.379 e. The highest BCUT2D eigenvalue weighted by Gasteiger charge is 2.13. The van der Waals surface area contributed by atoms with Crippen molar-refractivity contribution in [3.63, 3.8) is 0 Å². The Labute approximate surface area is 162 Å². The van der Waals surface area contributed by atoms with Gasteiger partial charge in [-0.1, -0.05) is 48.0 Å². The lowest BCUT2D eigenvalue weighted by atomic mass is 10.0. The van der Waals surface area contributed by atoms with Gasteiger partial charge in [-0.15, -0.1) is 0 Å². The van der Waals surface area contributed by atoms with E-state index in [-0.39, 0.29) is 5.91 Å². The van der Waals surface area contributed by atoms with E-state index in [0.717, 1.165) is 39.3 Å². The number of hydrogen-bond acceptors (Lipinski definition) is 3. The molecule has 0 spiro atoms. The maximum atomic E-state index is 12.3. The Morgan fingerprint density at radius 2 is 1.78 bits per heavy atom. The number of aryl methyl sites for hydroxylation is 3. The Balaban J connectivity index is 1.51. The summed E-state index contributed by atoms with van der Waals surface area (Å²) in [4.78, 5) is 14.7. The number of ether oxygens (including phenoxy) is 1. The molecule has 0 atom stereocenters. The van der Waals surface area contributed by atoms with Gasteiger partial charge in [0.2, 0.25) is 5.91 Å². The van der Waals surface area contributed by atoms with Crippen LogP contribution in [0.3, 0.4) is 0 Å². The molecule has 144 valence electrons. The minimum absolute atomic E-state index is 0.108. The third-order valence-electron chi connectivity index (χ3n) is 5.21. The van der Waals surface area contributed by atoms with Crippen molar-refractivity contribution in [1.29, 1.82) is 0 Å². The first kappa shape index (κ1) is 19.6. The average Bonchev–Trinajstić information content (AvgIpc) is 2.67. The van der Waals surface area contributed by atoms with Crippen LogP contribution >= 0.6 is 0 Å². The molecule has 0 aromatic heterocycles. The maximum absolute atomic E-state index is 12.3. The smallest absolute Gasteiger partial charge is 0.220 e. The molecule has 0 unspecified atom stereocenters. The van der Waals surface area contributed by atoms with Crippen molar-refractivity contribution in [2.24, 2.45) is 0 Å². The Bertz CT molecular complexity index is 767. The van der Waals surface area contributed by atoms with Gasteiger partial charge in [0.1, 0.15) is 0 Å². The van der Waals surface area contributed by atoms with Crippen LogP contribution in [0.4, 0.5) is 0 Å². The molecule has 3 rings (SSSR count). The van der Waals surface area contributed by atoms with E-state index < -0.39 is 0 Å². The number of carbonyl (C=O) groups excluding carboxylic acids is 1. The monoisotopic (exact) mass is 366 g/mol. The number of benzene rings is 2. The quantitative estimate of drug-likeness (QED) is 0.817. The molecule has 1 saturated heterocycles. The van der Waals surface area contributed by atoms with Gasteiger partial charge in [-0.25, -0.2) is 0 Å². The van der Waals surface area contributed by atoms with E-state index >= 15 is 0 Å². The SMILES string of the molecule is Cc1ccc(CCC(=O)NCc2ccccc2CN2CCOCC2)c(C)c1. The lowest BCUT2D eigenvalue weighted by molar-refractivity contribution is -0.121. The first-order chi connectivity index (χ1) is 13.1. The standard InChI is InChI=1S/C23H30N2O2/c1-18-7-8-20(19(2)15-18)9-10-23(26)24-16-21-5-3-4-6-22(21)17-25-11-13-27-14-12-25/h3-8,15H,9-14,16-17H2,1-2H3,(H,24,26). The molecule has 1 heterocycles. The summed E-state index contributed by atoms with van der Waals surface area (Å²) in [7, 11) is 0. The number of carbonyl (C=O) groups is 1. The van der Waals surface area contributed by atoms with Gasteiger partial charge in [-0.2, -0.15) is 0 Å². The molecule has 1 amide bonds. The van der Waals surface area contributed by atoms with E-state index in [9.17, 15) is 4.79 Å². The summed E-state index contributed by atoms with van der Waals surface area (Å²) in [6, 6.07) is 14.8. The number of hydrogen-bond donors (Lipinski definition) is 1. The highest BCUT2D eigenvalue weighted by molar-refractivity contribution is 5.76. The Morgan fingerprint density at radius 1 is 1.04 bits per heavy atom.